The molecule has 1 saturated heterocycles. The van der Waals surface area contributed by atoms with E-state index in [1.54, 1.807) is 23.1 Å². The van der Waals surface area contributed by atoms with Crippen molar-refractivity contribution < 1.29 is 62.6 Å². The molecule has 4 aromatic heterocycles. The van der Waals surface area contributed by atoms with Crippen LogP contribution >= 0.6 is 81.1 Å². The first kappa shape index (κ1) is 73.0. The van der Waals surface area contributed by atoms with E-state index in [0.29, 0.717) is 66.8 Å². The molecule has 522 valence electrons. The van der Waals surface area contributed by atoms with E-state index in [1.165, 1.54) is 94.5 Å². The Bertz CT molecular complexity index is 4130. The van der Waals surface area contributed by atoms with E-state index >= 15 is 0 Å². The van der Waals surface area contributed by atoms with Gasteiger partial charge in [0.15, 0.2) is 4.87 Å². The number of aromatic nitrogens is 4. The number of aliphatic carboxylic acids is 1. The van der Waals surface area contributed by atoms with Crippen molar-refractivity contribution in [2.24, 2.45) is 26.4 Å². The quantitative estimate of drug-likeness (QED) is 0.0885. The summed E-state index contributed by atoms with van der Waals surface area (Å²) in [5.74, 6) is -11.2. The van der Waals surface area contributed by atoms with Crippen LogP contribution in [0.15, 0.2) is 73.9 Å². The highest BCUT2D eigenvalue weighted by Gasteiger charge is 2.43. The van der Waals surface area contributed by atoms with Crippen LogP contribution in [0.25, 0.3) is 27.1 Å². The lowest BCUT2D eigenvalue weighted by molar-refractivity contribution is -0.141. The number of hydrogen-bond acceptors (Lipinski definition) is 27. The fourth-order valence-electron chi connectivity index (χ4n) is 10.6. The fraction of sp³-hybridized carbons (Fsp3) is 0.417. The molecule has 11 amide bonds. The highest BCUT2D eigenvalue weighted by molar-refractivity contribution is 8.15. The van der Waals surface area contributed by atoms with Crippen molar-refractivity contribution in [2.75, 3.05) is 42.6 Å². The maximum Gasteiger partial charge on any atom is 0.327 e. The Morgan fingerprint density at radius 1 is 0.697 bits per heavy atom. The molecule has 0 aromatic carbocycles. The summed E-state index contributed by atoms with van der Waals surface area (Å²) in [5, 5.41) is 41.5. The first-order valence-electron chi connectivity index (χ1n) is 30.8. The van der Waals surface area contributed by atoms with Gasteiger partial charge in [-0.25, -0.2) is 24.7 Å². The summed E-state index contributed by atoms with van der Waals surface area (Å²) in [6.07, 6.45) is 1.74. The molecule has 0 unspecified atom stereocenters. The van der Waals surface area contributed by atoms with Crippen molar-refractivity contribution in [3.05, 3.63) is 86.6 Å². The highest BCUT2D eigenvalue weighted by Crippen LogP contribution is 2.35. The van der Waals surface area contributed by atoms with Gasteiger partial charge in [-0.3, -0.25) is 67.7 Å². The number of rotatable bonds is 7. The molecule has 7 aliphatic heterocycles. The minimum absolute atomic E-state index is 0.00201. The largest absolute Gasteiger partial charge is 0.480 e. The number of carbonyl (C=O) groups is 12. The zero-order valence-corrected chi connectivity index (χ0v) is 58.8. The number of nitrogens with two attached hydrogens (primary N) is 2. The van der Waals surface area contributed by atoms with Gasteiger partial charge < -0.3 is 69.3 Å². The summed E-state index contributed by atoms with van der Waals surface area (Å²) in [5.41, 5.74) is 12.3. The Labute approximate surface area is 593 Å². The minimum Gasteiger partial charge on any atom is -0.480 e. The molecular weight excluding hydrogens is 1420 g/mol. The molecule has 9 atom stereocenters. The van der Waals surface area contributed by atoms with Gasteiger partial charge in [-0.05, 0) is 71.6 Å². The highest BCUT2D eigenvalue weighted by atomic mass is 32.2. The molecule has 11 heterocycles. The van der Waals surface area contributed by atoms with Gasteiger partial charge in [0, 0.05) is 45.7 Å². The molecule has 1 fully saturated rings. The standard InChI is InChI=1S/C60H67N19O13S7/c1-6-29-49(87)78-60(5)59(92)77-30(10-7-8-14-61)45(83)63-17-42(81)64-27(4)57(89)79-15-9-11-40(79)50(88)65-25(2)43-28(44(82)69-32(16-41(62)80)53-71-34(19-94-53)47(85)68-29)12-13-31(67-43)52-75-37(22-97-52)54-72-33(18-95-54)46(84)66-26(3)51-74-36(21-93-51)56-76-38(23-98-56)55-73-35(20-96-55)48(86)70-39(24-99-60)58(90)91/h6,12-13,21-23,25,30,32-35,39-40H,3-4,7-11,14-20,24,61H2,1-2,5H3,(H2,62,80)(H,63,83)(H,64,81)(H,65,88)(H,66,84)(H,68,85)(H,69,82)(H,70,86)(H,77,92)(H,78,87)(H,90,91)/b29-6-/t25-,30+,32-,33-,34-,35+,39-,40+,60+/m1/s1. The summed E-state index contributed by atoms with van der Waals surface area (Å²) in [4.78, 5) is 200. The van der Waals surface area contributed by atoms with E-state index in [4.69, 9.17) is 31.4 Å². The number of nitrogens with zero attached hydrogens (tertiary/aromatic N) is 8. The molecule has 0 spiro atoms. The monoisotopic (exact) mass is 1490 g/mol. The molecule has 7 aliphatic rings. The summed E-state index contributed by atoms with van der Waals surface area (Å²) in [6.45, 7) is 11.5. The Balaban J connectivity index is 1.04. The maximum atomic E-state index is 14.9. The Morgan fingerprint density at radius 2 is 1.33 bits per heavy atom. The molecule has 0 radical (unpaired) electrons. The number of fused-ring (bicyclic) bond motifs is 8. The van der Waals surface area contributed by atoms with Crippen LogP contribution in [-0.2, 0) is 52.7 Å². The SMILES string of the molecule is C=C1NC(=O)CNC(=O)[C@H](CCCCN)NC(=O)[C@@]2(C)NC(=O)/C(=C/C)NC(=O)[C@H]3CSC(=N3)[C@@H](CC(N)=O)NC(=O)c3ccc(nc3[C@@H](C)NC(=O)[C@@H]3CCCN3C1=O)-c1nc(cs1)C1=N[C@H](CS1)C(=O)NC(=C)c1nc(cs1)-c1nc(cs1)C1=N[C@@H](CS1)C(=O)N[C@@H](C(=O)O)CS2. The first-order chi connectivity index (χ1) is 47.3. The van der Waals surface area contributed by atoms with E-state index in [1.807, 2.05) is 0 Å². The molecule has 32 nitrogen and oxygen atoms in total. The van der Waals surface area contributed by atoms with Crippen LogP contribution in [0.3, 0.4) is 0 Å². The third-order valence-corrected chi connectivity index (χ3v) is 23.1. The van der Waals surface area contributed by atoms with E-state index in [2.05, 4.69) is 76.0 Å². The first-order valence-corrected chi connectivity index (χ1v) is 37.3. The number of amides is 11. The Hall–Kier alpha value is -8.73. The number of primary amides is 1. The normalized spacial score (nSPS) is 26.2. The van der Waals surface area contributed by atoms with Gasteiger partial charge in [0.05, 0.1) is 58.4 Å². The lowest BCUT2D eigenvalue weighted by Crippen LogP contribution is -2.60. The predicted molar refractivity (Wildman–Crippen MR) is 377 cm³/mol. The smallest absolute Gasteiger partial charge is 0.327 e. The number of thiazole rings is 3. The summed E-state index contributed by atoms with van der Waals surface area (Å²) < 4.78 is 0. The number of nitrogens with one attached hydrogen (secondary N) is 9. The molecular formula is C60H67N19O13S7. The van der Waals surface area contributed by atoms with Crippen LogP contribution in [0.5, 0.6) is 0 Å². The van der Waals surface area contributed by atoms with Crippen molar-refractivity contribution in [1.82, 2.24) is 72.7 Å². The molecule has 39 heteroatoms. The third-order valence-electron chi connectivity index (χ3n) is 15.8. The van der Waals surface area contributed by atoms with Crippen LogP contribution in [-0.4, -0.2) is 206 Å². The summed E-state index contributed by atoms with van der Waals surface area (Å²) in [7, 11) is 0. The predicted octanol–water partition coefficient (Wildman–Crippen LogP) is 0.494. The van der Waals surface area contributed by atoms with E-state index in [0.717, 1.165) is 11.8 Å². The second-order valence-electron chi connectivity index (χ2n) is 23.1. The molecule has 14 N–H and O–H groups in total. The Kier molecular flexibility index (Phi) is 23.6. The van der Waals surface area contributed by atoms with Crippen molar-refractivity contribution >= 4 is 173 Å². The number of aliphatic imine (C=N–C) groups is 3. The number of carbonyl (C=O) groups excluding carboxylic acids is 11. The second kappa shape index (κ2) is 32.1. The van der Waals surface area contributed by atoms with Gasteiger partial charge in [0.2, 0.25) is 41.4 Å². The lowest BCUT2D eigenvalue weighted by Gasteiger charge is -2.32. The minimum atomic E-state index is -2.26. The number of hydrogen-bond donors (Lipinski definition) is 12. The molecule has 0 saturated carbocycles. The van der Waals surface area contributed by atoms with E-state index in [-0.39, 0.29) is 77.3 Å². The molecule has 99 heavy (non-hydrogen) atoms. The van der Waals surface area contributed by atoms with Crippen LogP contribution in [0.1, 0.15) is 97.8 Å². The van der Waals surface area contributed by atoms with Gasteiger partial charge in [-0.1, -0.05) is 19.2 Å². The molecule has 4 aromatic rings. The number of unbranched alkanes of at least 4 members (excludes halogenated alkanes) is 1. The number of carboxylic acid groups (broad SMARTS) is 1. The zero-order valence-electron chi connectivity index (χ0n) is 53.1. The lowest BCUT2D eigenvalue weighted by atomic mass is 10.0. The van der Waals surface area contributed by atoms with Crippen LogP contribution in [0.2, 0.25) is 0 Å². The maximum absolute atomic E-state index is 14.9. The van der Waals surface area contributed by atoms with Gasteiger partial charge in [0.25, 0.3) is 23.6 Å². The third kappa shape index (κ3) is 17.5. The number of thioether (sulfide) groups is 4. The van der Waals surface area contributed by atoms with E-state index < -0.39 is 154 Å². The van der Waals surface area contributed by atoms with Gasteiger partial charge in [0.1, 0.15) is 84.1 Å². The number of pyridine rings is 1. The van der Waals surface area contributed by atoms with Crippen LogP contribution < -0.4 is 59.3 Å². The van der Waals surface area contributed by atoms with E-state index in [9.17, 15) is 62.6 Å². The molecule has 11 rings (SSSR count). The average Bonchev–Trinajstić information content (AvgIpc) is 1.76. The summed E-state index contributed by atoms with van der Waals surface area (Å²) >= 11 is 7.69. The van der Waals surface area contributed by atoms with Gasteiger partial charge in [-0.2, -0.15) is 0 Å². The van der Waals surface area contributed by atoms with Crippen molar-refractivity contribution in [1.29, 1.82) is 0 Å². The van der Waals surface area contributed by atoms with Crippen molar-refractivity contribution in [3.63, 3.8) is 0 Å². The van der Waals surface area contributed by atoms with Crippen molar-refractivity contribution in [3.8, 4) is 21.4 Å². The van der Waals surface area contributed by atoms with Gasteiger partial charge in [-0.15, -0.1) is 81.1 Å². The van der Waals surface area contributed by atoms with Crippen LogP contribution in [0.4, 0.5) is 0 Å². The average molecular weight is 1490 g/mol. The number of allylic oxidation sites excluding steroid dienone is 1. The van der Waals surface area contributed by atoms with Crippen LogP contribution in [0, 0.1) is 0 Å². The van der Waals surface area contributed by atoms with Crippen molar-refractivity contribution in [2.45, 2.75) is 113 Å². The molecule has 0 aliphatic carbocycles. The second-order valence-corrected chi connectivity index (χ2v) is 30.1. The van der Waals surface area contributed by atoms with Gasteiger partial charge >= 0.3 is 5.97 Å². The topological polar surface area (TPSA) is 477 Å². The fourth-order valence-corrected chi connectivity index (χ4v) is 17.3. The Morgan fingerprint density at radius 3 is 2.01 bits per heavy atom. The number of carboxylic acids is 1. The molecule has 16 bridgehead atoms. The summed E-state index contributed by atoms with van der Waals surface area (Å²) in [6, 6.07) is -6.97. The zero-order chi connectivity index (χ0) is 71.0.